The summed E-state index contributed by atoms with van der Waals surface area (Å²) in [6, 6.07) is 4.46. The molecule has 148 valence electrons. The van der Waals surface area contributed by atoms with Crippen molar-refractivity contribution in [3.8, 4) is 11.5 Å². The van der Waals surface area contributed by atoms with Crippen molar-refractivity contribution in [3.05, 3.63) is 58.1 Å². The maximum Gasteiger partial charge on any atom is 0.251 e. The first kappa shape index (κ1) is 21.2. The molecule has 0 aromatic heterocycles. The lowest BCUT2D eigenvalue weighted by atomic mass is 10.1. The van der Waals surface area contributed by atoms with Crippen LogP contribution in [0.1, 0.15) is 22.8 Å². The molecule has 0 heterocycles. The molecule has 0 fully saturated rings. The smallest absolute Gasteiger partial charge is 0.251 e. The normalized spacial score (nSPS) is 10.8. The van der Waals surface area contributed by atoms with Crippen molar-refractivity contribution in [1.29, 1.82) is 0 Å². The molecule has 0 radical (unpaired) electrons. The molecule has 2 rings (SSSR count). The van der Waals surface area contributed by atoms with E-state index in [0.717, 1.165) is 12.1 Å². The lowest BCUT2D eigenvalue weighted by Crippen LogP contribution is -2.16. The van der Waals surface area contributed by atoms with Gasteiger partial charge < -0.3 is 20.5 Å². The second-order valence-electron chi connectivity index (χ2n) is 5.47. The number of rotatable bonds is 7. The molecule has 0 aliphatic rings. The van der Waals surface area contributed by atoms with E-state index in [4.69, 9.17) is 26.8 Å². The van der Waals surface area contributed by atoms with Gasteiger partial charge in [-0.15, -0.1) is 0 Å². The molecule has 0 atom stereocenters. The third kappa shape index (κ3) is 4.98. The van der Waals surface area contributed by atoms with Crippen molar-refractivity contribution >= 4 is 35.2 Å². The molecule has 3 N–H and O–H groups in total. The van der Waals surface area contributed by atoms with Crippen LogP contribution in [0.25, 0.3) is 6.08 Å². The van der Waals surface area contributed by atoms with Crippen LogP contribution in [-0.4, -0.2) is 25.5 Å². The van der Waals surface area contributed by atoms with E-state index in [1.54, 1.807) is 19.1 Å². The van der Waals surface area contributed by atoms with Crippen molar-refractivity contribution < 1.29 is 27.8 Å². The fourth-order valence-electron chi connectivity index (χ4n) is 2.33. The van der Waals surface area contributed by atoms with Gasteiger partial charge in [0, 0.05) is 12.1 Å². The number of anilines is 1. The van der Waals surface area contributed by atoms with Crippen molar-refractivity contribution in [1.82, 2.24) is 0 Å². The molecule has 28 heavy (non-hydrogen) atoms. The minimum atomic E-state index is -1.12. The van der Waals surface area contributed by atoms with Gasteiger partial charge in [-0.3, -0.25) is 9.59 Å². The van der Waals surface area contributed by atoms with Gasteiger partial charge in [-0.2, -0.15) is 0 Å². The maximum atomic E-state index is 13.8. The summed E-state index contributed by atoms with van der Waals surface area (Å²) in [5.74, 6) is -3.21. The number of halogens is 3. The Labute approximate surface area is 164 Å². The average Bonchev–Trinajstić information content (AvgIpc) is 2.62. The summed E-state index contributed by atoms with van der Waals surface area (Å²) in [4.78, 5) is 23.2. The van der Waals surface area contributed by atoms with E-state index < -0.39 is 29.0 Å². The number of nitrogens with one attached hydrogen (secondary N) is 1. The van der Waals surface area contributed by atoms with Crippen LogP contribution in [0.4, 0.5) is 14.5 Å². The number of benzene rings is 2. The lowest BCUT2D eigenvalue weighted by Gasteiger charge is -2.11. The Bertz CT molecular complexity index is 948. The van der Waals surface area contributed by atoms with Crippen LogP contribution in [0.3, 0.4) is 0 Å². The van der Waals surface area contributed by atoms with Gasteiger partial charge in [-0.1, -0.05) is 11.6 Å². The summed E-state index contributed by atoms with van der Waals surface area (Å²) < 4.78 is 37.9. The molecule has 6 nitrogen and oxygen atoms in total. The number of carbonyl (C=O) groups is 2. The fraction of sp³-hybridized carbons (Fsp3) is 0.158. The summed E-state index contributed by atoms with van der Waals surface area (Å²) in [7, 11) is 1.45. The van der Waals surface area contributed by atoms with Crippen LogP contribution in [0, 0.1) is 11.6 Å². The number of ether oxygens (including phenoxy) is 2. The zero-order chi connectivity index (χ0) is 20.8. The summed E-state index contributed by atoms with van der Waals surface area (Å²) in [5, 5.41) is 2.50. The highest BCUT2D eigenvalue weighted by Gasteiger charge is 2.15. The average molecular weight is 411 g/mol. The van der Waals surface area contributed by atoms with E-state index in [0.29, 0.717) is 29.7 Å². The van der Waals surface area contributed by atoms with Crippen molar-refractivity contribution in [2.75, 3.05) is 19.0 Å². The van der Waals surface area contributed by atoms with Gasteiger partial charge in [0.15, 0.2) is 11.5 Å². The van der Waals surface area contributed by atoms with Crippen LogP contribution in [-0.2, 0) is 4.79 Å². The van der Waals surface area contributed by atoms with Crippen molar-refractivity contribution in [2.24, 2.45) is 5.73 Å². The van der Waals surface area contributed by atoms with Gasteiger partial charge in [0.25, 0.3) is 5.91 Å². The molecule has 0 saturated carbocycles. The number of hydrogen-bond donors (Lipinski definition) is 2. The first-order valence-electron chi connectivity index (χ1n) is 8.05. The Hall–Kier alpha value is -3.13. The van der Waals surface area contributed by atoms with E-state index in [-0.39, 0.29) is 10.7 Å². The molecule has 2 amide bonds. The van der Waals surface area contributed by atoms with Crippen molar-refractivity contribution in [2.45, 2.75) is 6.92 Å². The highest BCUT2D eigenvalue weighted by molar-refractivity contribution is 6.32. The number of primary amides is 1. The molecule has 9 heteroatoms. The van der Waals surface area contributed by atoms with Crippen LogP contribution in [0.5, 0.6) is 11.5 Å². The van der Waals surface area contributed by atoms with Gasteiger partial charge in [-0.05, 0) is 36.8 Å². The highest BCUT2D eigenvalue weighted by atomic mass is 35.5. The van der Waals surface area contributed by atoms with E-state index in [9.17, 15) is 18.4 Å². The standard InChI is InChI=1S/C19H17ClF2N2O4/c1-3-28-16-7-10(6-12(20)18(16)27-2)4-5-17(25)24-15-8-11(19(23)26)13(21)9-14(15)22/h4-9H,3H2,1-2H3,(H2,23,26)(H,24,25)/b5-4+. The predicted molar refractivity (Wildman–Crippen MR) is 102 cm³/mol. The third-order valence-corrected chi connectivity index (χ3v) is 3.82. The molecule has 0 spiro atoms. The monoisotopic (exact) mass is 410 g/mol. The zero-order valence-corrected chi connectivity index (χ0v) is 15.8. The Morgan fingerprint density at radius 3 is 2.54 bits per heavy atom. The summed E-state index contributed by atoms with van der Waals surface area (Å²) in [5.41, 5.74) is 4.62. The van der Waals surface area contributed by atoms with Crippen LogP contribution in [0.15, 0.2) is 30.3 Å². The largest absolute Gasteiger partial charge is 0.491 e. The minimum absolute atomic E-state index is 0.282. The lowest BCUT2D eigenvalue weighted by molar-refractivity contribution is -0.111. The minimum Gasteiger partial charge on any atom is -0.491 e. The molecule has 0 saturated heterocycles. The summed E-state index contributed by atoms with van der Waals surface area (Å²) >= 11 is 6.13. The molecule has 0 aliphatic heterocycles. The Morgan fingerprint density at radius 1 is 1.21 bits per heavy atom. The zero-order valence-electron chi connectivity index (χ0n) is 15.0. The molecular formula is C19H17ClF2N2O4. The topological polar surface area (TPSA) is 90.6 Å². The highest BCUT2D eigenvalue weighted by Crippen LogP contribution is 2.36. The number of hydrogen-bond acceptors (Lipinski definition) is 4. The number of nitrogens with two attached hydrogens (primary N) is 1. The predicted octanol–water partition coefficient (Wildman–Crippen LogP) is 3.78. The molecule has 0 bridgehead atoms. The Morgan fingerprint density at radius 2 is 1.93 bits per heavy atom. The van der Waals surface area contributed by atoms with Gasteiger partial charge in [0.1, 0.15) is 11.6 Å². The first-order valence-corrected chi connectivity index (χ1v) is 8.42. The van der Waals surface area contributed by atoms with E-state index in [1.165, 1.54) is 13.2 Å². The van der Waals surface area contributed by atoms with Gasteiger partial charge >= 0.3 is 0 Å². The van der Waals surface area contributed by atoms with Crippen molar-refractivity contribution in [3.63, 3.8) is 0 Å². The van der Waals surface area contributed by atoms with E-state index in [2.05, 4.69) is 5.32 Å². The number of carbonyl (C=O) groups excluding carboxylic acids is 2. The molecular weight excluding hydrogens is 394 g/mol. The molecule has 0 aliphatic carbocycles. The Balaban J connectivity index is 2.23. The molecule has 2 aromatic carbocycles. The molecule has 2 aromatic rings. The van der Waals surface area contributed by atoms with Gasteiger partial charge in [0.05, 0.1) is 30.0 Å². The van der Waals surface area contributed by atoms with E-state index in [1.807, 2.05) is 0 Å². The maximum absolute atomic E-state index is 13.8. The number of methoxy groups -OCH3 is 1. The molecule has 0 unspecified atom stereocenters. The Kier molecular flexibility index (Phi) is 6.94. The second kappa shape index (κ2) is 9.18. The fourth-order valence-corrected chi connectivity index (χ4v) is 2.62. The van der Waals surface area contributed by atoms with Crippen LogP contribution < -0.4 is 20.5 Å². The summed E-state index contributed by atoms with van der Waals surface area (Å²) in [6.07, 6.45) is 2.53. The SMILES string of the molecule is CCOc1cc(/C=C/C(=O)Nc2cc(C(N)=O)c(F)cc2F)cc(Cl)c1OC. The first-order chi connectivity index (χ1) is 13.3. The van der Waals surface area contributed by atoms with Crippen LogP contribution >= 0.6 is 11.6 Å². The third-order valence-electron chi connectivity index (χ3n) is 3.54. The van der Waals surface area contributed by atoms with E-state index >= 15 is 0 Å². The van der Waals surface area contributed by atoms with Crippen LogP contribution in [0.2, 0.25) is 5.02 Å². The van der Waals surface area contributed by atoms with Gasteiger partial charge in [0.2, 0.25) is 5.91 Å². The number of amides is 2. The quantitative estimate of drug-likeness (QED) is 0.680. The second-order valence-corrected chi connectivity index (χ2v) is 5.87. The summed E-state index contributed by atoms with van der Waals surface area (Å²) in [6.45, 7) is 2.17. The van der Waals surface area contributed by atoms with Gasteiger partial charge in [-0.25, -0.2) is 8.78 Å².